The van der Waals surface area contributed by atoms with Gasteiger partial charge in [-0.1, -0.05) is 343 Å². The largest absolute Gasteiger partial charge is 0.246 e. The summed E-state index contributed by atoms with van der Waals surface area (Å²) in [5.41, 5.74) is 27.5. The Hall–Kier alpha value is -11.8. The van der Waals surface area contributed by atoms with E-state index in [1.165, 1.54) is 22.5 Å². The number of aryl methyl sites for hydroxylation is 15. The predicted molar refractivity (Wildman–Crippen MR) is 544 cm³/mol. The van der Waals surface area contributed by atoms with Crippen molar-refractivity contribution in [3.63, 3.8) is 0 Å². The summed E-state index contributed by atoms with van der Waals surface area (Å²) in [5.74, 6) is 0. The van der Waals surface area contributed by atoms with E-state index in [1.807, 2.05) is 213 Å². The third-order valence-electron chi connectivity index (χ3n) is 31.9. The van der Waals surface area contributed by atoms with Gasteiger partial charge >= 0.3 is 0 Å². The first kappa shape index (κ1) is 71.9. The van der Waals surface area contributed by atoms with Gasteiger partial charge in [-0.3, -0.25) is 0 Å². The lowest BCUT2D eigenvalue weighted by Gasteiger charge is -2.46. The van der Waals surface area contributed by atoms with Crippen LogP contribution in [0.1, 0.15) is 280 Å². The van der Waals surface area contributed by atoms with Crippen LogP contribution in [-0.2, 0) is 89.4 Å². The summed E-state index contributed by atoms with van der Waals surface area (Å²) in [6.07, 6.45) is 7.99. The lowest BCUT2D eigenvalue weighted by atomic mass is 9.59. The van der Waals surface area contributed by atoms with Gasteiger partial charge in [0.2, 0.25) is 24.3 Å². The van der Waals surface area contributed by atoms with Crippen LogP contribution in [0.5, 0.6) is 0 Å². The van der Waals surface area contributed by atoms with Gasteiger partial charge < -0.3 is 0 Å². The molecule has 3 unspecified atom stereocenters. The Bertz CT molecular complexity index is 7780. The number of benzene rings is 10. The molecule has 0 spiro atoms. The van der Waals surface area contributed by atoms with Crippen molar-refractivity contribution in [1.82, 2.24) is 23.4 Å². The highest BCUT2D eigenvalue weighted by atomic mass is 15.4. The van der Waals surface area contributed by atoms with E-state index in [4.69, 9.17) is 24.7 Å². The molecule has 0 aliphatic carbocycles. The highest BCUT2D eigenvalue weighted by Gasteiger charge is 2.58. The van der Waals surface area contributed by atoms with Gasteiger partial charge in [-0.05, 0) is 188 Å². The molecule has 15 aromatic rings. The monoisotopic (exact) mass is 1760 g/mol. The average Bonchev–Trinajstić information content (AvgIpc) is 1.61. The maximum atomic E-state index is 8.74. The number of para-hydroxylation sites is 5. The van der Waals surface area contributed by atoms with Crippen LogP contribution in [0.15, 0.2) is 237 Å². The molecule has 5 aliphatic rings. The molecule has 10 heteroatoms. The van der Waals surface area contributed by atoms with Crippen LogP contribution >= 0.6 is 0 Å². The Morgan fingerprint density at radius 2 is 0.557 bits per heavy atom. The lowest BCUT2D eigenvalue weighted by molar-refractivity contribution is -0.745. The summed E-state index contributed by atoms with van der Waals surface area (Å²) in [5, 5.41) is 0. The second-order valence-corrected chi connectivity index (χ2v) is 41.9. The first-order valence-electron chi connectivity index (χ1n) is 55.2. The zero-order valence-electron chi connectivity index (χ0n) is 101. The second-order valence-electron chi connectivity index (χ2n) is 41.9. The van der Waals surface area contributed by atoms with E-state index in [2.05, 4.69) is 260 Å². The van der Waals surface area contributed by atoms with E-state index in [1.54, 1.807) is 19.9 Å². The molecule has 5 aliphatic heterocycles. The van der Waals surface area contributed by atoms with Gasteiger partial charge in [0.15, 0.2) is 41.4 Å². The van der Waals surface area contributed by atoms with Crippen LogP contribution in [0.3, 0.4) is 0 Å². The molecule has 3 atom stereocenters. The predicted octanol–water partition coefficient (Wildman–Crippen LogP) is 26.1. The summed E-state index contributed by atoms with van der Waals surface area (Å²) in [6, 6.07) is 71.4. The molecule has 0 N–H and O–H groups in total. The maximum Gasteiger partial charge on any atom is 0.246 e. The van der Waals surface area contributed by atoms with Crippen molar-refractivity contribution < 1.29 is 48.1 Å². The number of aromatic nitrogens is 10. The molecule has 10 nitrogen and oxygen atoms in total. The maximum absolute atomic E-state index is 8.74. The first-order chi connectivity index (χ1) is 68.7. The number of nitrogens with zero attached hydrogens (tertiary/aromatic N) is 10. The van der Waals surface area contributed by atoms with Crippen molar-refractivity contribution in [2.75, 3.05) is 0 Å². The molecule has 0 saturated carbocycles. The number of hydrogen-bond acceptors (Lipinski definition) is 0. The summed E-state index contributed by atoms with van der Waals surface area (Å²) in [4.78, 5) is 0. The van der Waals surface area contributed by atoms with Crippen molar-refractivity contribution in [2.24, 2.45) is 35.2 Å². The van der Waals surface area contributed by atoms with Crippen LogP contribution in [0, 0.1) is 76.1 Å². The molecule has 0 amide bonds. The zero-order valence-corrected chi connectivity index (χ0v) is 83.0. The number of fused-ring (bicyclic) bond motifs is 15. The Morgan fingerprint density at radius 1 is 0.244 bits per heavy atom. The van der Waals surface area contributed by atoms with Crippen molar-refractivity contribution in [2.45, 2.75) is 268 Å². The molecule has 676 valence electrons. The summed E-state index contributed by atoms with van der Waals surface area (Å²) >= 11 is 0. The molecule has 10 aromatic carbocycles. The minimum absolute atomic E-state index is 0.132. The van der Waals surface area contributed by atoms with Crippen molar-refractivity contribution in [3.8, 4) is 84.2 Å². The van der Waals surface area contributed by atoms with Crippen LogP contribution in [-0.4, -0.2) is 23.4 Å². The van der Waals surface area contributed by atoms with Crippen LogP contribution in [0.4, 0.5) is 0 Å². The van der Waals surface area contributed by atoms with Gasteiger partial charge in [0.1, 0.15) is 51.2 Å². The first-order valence-corrected chi connectivity index (χ1v) is 46.2. The fraction of sp³-hybridized carbons (Fsp3) is 0.380. The van der Waals surface area contributed by atoms with Gasteiger partial charge in [0, 0.05) is 90.5 Å². The van der Waals surface area contributed by atoms with E-state index >= 15 is 0 Å². The lowest BCUT2D eigenvalue weighted by Crippen LogP contribution is -2.51. The fourth-order valence-electron chi connectivity index (χ4n) is 22.4. The molecule has 10 heterocycles. The van der Waals surface area contributed by atoms with Gasteiger partial charge in [-0.15, -0.1) is 46.8 Å². The molecule has 0 bridgehead atoms. The third-order valence-corrected chi connectivity index (χ3v) is 31.9. The minimum atomic E-state index is -2.81. The van der Waals surface area contributed by atoms with Crippen LogP contribution in [0.2, 0.25) is 0 Å². The topological polar surface area (TPSA) is 44.0 Å². The van der Waals surface area contributed by atoms with Crippen molar-refractivity contribution in [1.29, 1.82) is 0 Å². The fourth-order valence-corrected chi connectivity index (χ4v) is 22.4. The smallest absolute Gasteiger partial charge is 0.124 e. The molecule has 0 fully saturated rings. The zero-order chi connectivity index (χ0) is 110. The Labute approximate surface area is 809 Å². The summed E-state index contributed by atoms with van der Waals surface area (Å²) in [7, 11) is 9.91. The molecular weight excluding hydrogens is 1590 g/mol. The Balaban J connectivity index is 0.000000134. The van der Waals surface area contributed by atoms with E-state index < -0.39 is 84.4 Å². The molecule has 0 saturated heterocycles. The Kier molecular flexibility index (Phi) is 17.6. The van der Waals surface area contributed by atoms with Crippen LogP contribution in [0.25, 0.3) is 84.2 Å². The van der Waals surface area contributed by atoms with Gasteiger partial charge in [-0.25, -0.2) is 0 Å². The second kappa shape index (κ2) is 32.0. The molecular formula is C121H147N10+5. The highest BCUT2D eigenvalue weighted by molar-refractivity contribution is 5.85. The molecule has 0 radical (unpaired) electrons. The highest BCUT2D eigenvalue weighted by Crippen LogP contribution is 2.59. The normalized spacial score (nSPS) is 21.7. The minimum Gasteiger partial charge on any atom is -0.124 e. The average molecular weight is 1760 g/mol. The van der Waals surface area contributed by atoms with Crippen molar-refractivity contribution in [3.05, 3.63) is 355 Å². The summed E-state index contributed by atoms with van der Waals surface area (Å²) in [6.45, 7) is 37.4. The third kappa shape index (κ3) is 13.8. The number of rotatable bonds is 5. The van der Waals surface area contributed by atoms with Crippen LogP contribution < -0.4 is 23.4 Å². The van der Waals surface area contributed by atoms with E-state index in [-0.39, 0.29) is 10.8 Å². The standard InChI is InChI=1S/C31H35N2.2C25H31N2.C23H27N2.C17H23N2/c1-20-17-21(2)19-24(18-20)28-26(23-14-10-9-11-15-23)29-31(6,7)30(4,5)25-16-12-13-22(3)27(25)33(29)32(28)8;2*1-16-11-9-12-17(2)21(16)19-15-26(8)27-22-18(3)13-10-14-20(22)24(4,5)25(6,7)23(19)27;1-16-11-10-14-19-20(16)25-21(23(4,5)22(19,2)3)18(15-24(25)6)17-12-8-7-9-13-17;1-12-8-7-9-13-15(12)19-14(10-11-18(19)6)17(4,5)16(13,2)3/h9-19H,1-8H3;2*9-15H,1-8H3;7-15H,1-6H3;7-11H,1-6H3/q5*+1/i1D3;6D3,7D3;6D3;2*4D3. The van der Waals surface area contributed by atoms with E-state index in [9.17, 15) is 0 Å². The number of hydrogen-bond donors (Lipinski definition) is 0. The molecule has 5 aromatic heterocycles. The Morgan fingerprint density at radius 3 is 0.947 bits per heavy atom. The van der Waals surface area contributed by atoms with Gasteiger partial charge in [-0.2, -0.15) is 0 Å². The SMILES string of the molecule is [2H]C([2H])([2H])C1(C([2H])([2H])[2H])c2c(-c3c(C)cccc3C)c[n+](C)n2-c2c(C)cccc2C1(C)C.[2H]C([2H])([2H])C1(C)c2c(-c3c(C)cccc3C)c[n+](C)n2-c2c(C)cccc2C1(C)C.[2H]C([2H])([2H])C1(C)c2c(-c3ccccc3)c[n+](C)n2-c2c(C)cccc2C1(C)C.[2H]C([2H])([2H])C1(C)c2cc[n+](C)n2-c2c(C)cccc2C1(C)C.[2H]C([2H])([2H])c1cc(C)cc(-c2c(-c3ccccc3)c3n([n+]2C)-c2c(C)cccc2C(C)(C)C3(C)C)c1. The van der Waals surface area contributed by atoms with Gasteiger partial charge in [0.05, 0.1) is 27.9 Å². The van der Waals surface area contributed by atoms with Crippen molar-refractivity contribution >= 4 is 0 Å². The van der Waals surface area contributed by atoms with E-state index in [0.29, 0.717) is 16.8 Å². The molecule has 131 heavy (non-hydrogen) atoms. The van der Waals surface area contributed by atoms with E-state index in [0.717, 1.165) is 162 Å². The van der Waals surface area contributed by atoms with Gasteiger partial charge in [0.25, 0.3) is 0 Å². The quantitative estimate of drug-likeness (QED) is 0.154. The molecule has 20 rings (SSSR count). The summed E-state index contributed by atoms with van der Waals surface area (Å²) < 4.78 is 174.